The molecule has 0 radical (unpaired) electrons. The highest BCUT2D eigenvalue weighted by molar-refractivity contribution is 5.71. The fourth-order valence-electron chi connectivity index (χ4n) is 4.07. The van der Waals surface area contributed by atoms with Crippen LogP contribution in [0.15, 0.2) is 30.3 Å². The molecule has 2 amide bonds. The molecule has 0 unspecified atom stereocenters. The van der Waals surface area contributed by atoms with E-state index in [-0.39, 0.29) is 18.6 Å². The second-order valence-corrected chi connectivity index (χ2v) is 8.49. The molecule has 2 aliphatic rings. The third-order valence-corrected chi connectivity index (χ3v) is 5.19. The van der Waals surface area contributed by atoms with E-state index < -0.39 is 17.2 Å². The van der Waals surface area contributed by atoms with Gasteiger partial charge in [-0.1, -0.05) is 37.3 Å². The predicted octanol–water partition coefficient (Wildman–Crippen LogP) is 3.56. The first kappa shape index (κ1) is 18.5. The summed E-state index contributed by atoms with van der Waals surface area (Å²) in [4.78, 5) is 26.4. The predicted molar refractivity (Wildman–Crippen MR) is 97.6 cm³/mol. The molecule has 1 aliphatic carbocycles. The highest BCUT2D eigenvalue weighted by Crippen LogP contribution is 2.49. The largest absolute Gasteiger partial charge is 0.445 e. The lowest BCUT2D eigenvalue weighted by atomic mass is 9.62. The van der Waals surface area contributed by atoms with Gasteiger partial charge in [0.15, 0.2) is 0 Å². The van der Waals surface area contributed by atoms with E-state index in [1.54, 1.807) is 4.90 Å². The Bertz CT molecular complexity index is 670. The van der Waals surface area contributed by atoms with Crippen LogP contribution in [-0.4, -0.2) is 41.3 Å². The van der Waals surface area contributed by atoms with Crippen LogP contribution in [0.4, 0.5) is 9.59 Å². The Morgan fingerprint density at radius 3 is 2.58 bits per heavy atom. The summed E-state index contributed by atoms with van der Waals surface area (Å²) in [6, 6.07) is 9.61. The fraction of sp³-hybridized carbons (Fsp3) is 0.600. The smallest absolute Gasteiger partial charge is 0.410 e. The van der Waals surface area contributed by atoms with Crippen LogP contribution in [0.1, 0.15) is 39.7 Å². The molecular formula is C20H28N2O4. The number of likely N-dealkylation sites (tertiary alicyclic amines) is 1. The number of alkyl carbamates (subject to hydrolysis) is 1. The third kappa shape index (κ3) is 3.94. The van der Waals surface area contributed by atoms with Gasteiger partial charge in [-0.2, -0.15) is 0 Å². The van der Waals surface area contributed by atoms with E-state index in [2.05, 4.69) is 12.2 Å². The number of carbonyl (C=O) groups excluding carboxylic acids is 2. The first-order valence-electron chi connectivity index (χ1n) is 9.15. The molecule has 0 aromatic heterocycles. The Hall–Kier alpha value is -2.24. The van der Waals surface area contributed by atoms with E-state index >= 15 is 0 Å². The lowest BCUT2D eigenvalue weighted by molar-refractivity contribution is 0.0172. The molecule has 142 valence electrons. The maximum atomic E-state index is 12.5. The van der Waals surface area contributed by atoms with Crippen LogP contribution in [0.25, 0.3) is 0 Å². The summed E-state index contributed by atoms with van der Waals surface area (Å²) in [5, 5.41) is 3.03. The lowest BCUT2D eigenvalue weighted by Crippen LogP contribution is -2.64. The van der Waals surface area contributed by atoms with Gasteiger partial charge in [0.25, 0.3) is 0 Å². The highest BCUT2D eigenvalue weighted by atomic mass is 16.6. The van der Waals surface area contributed by atoms with Gasteiger partial charge in [-0.05, 0) is 38.7 Å². The van der Waals surface area contributed by atoms with Gasteiger partial charge in [-0.25, -0.2) is 9.59 Å². The summed E-state index contributed by atoms with van der Waals surface area (Å²) in [5.41, 5.74) is 0.0180. The van der Waals surface area contributed by atoms with Gasteiger partial charge in [0.2, 0.25) is 0 Å². The molecule has 26 heavy (non-hydrogen) atoms. The van der Waals surface area contributed by atoms with Crippen LogP contribution in [0.5, 0.6) is 0 Å². The SMILES string of the molecule is C[C@H]1C[C@]2(NC(=O)OC(C)(C)C)CN(C(=O)OCc3ccccc3)C[C@@H]12. The van der Waals surface area contributed by atoms with E-state index in [4.69, 9.17) is 9.47 Å². The molecule has 1 aliphatic heterocycles. The molecule has 2 fully saturated rings. The van der Waals surface area contributed by atoms with E-state index in [9.17, 15) is 9.59 Å². The number of fused-ring (bicyclic) bond motifs is 1. The topological polar surface area (TPSA) is 67.9 Å². The van der Waals surface area contributed by atoms with Gasteiger partial charge < -0.3 is 19.7 Å². The molecule has 1 saturated heterocycles. The normalized spacial score (nSPS) is 27.3. The van der Waals surface area contributed by atoms with Gasteiger partial charge in [-0.3, -0.25) is 0 Å². The van der Waals surface area contributed by atoms with Crippen molar-refractivity contribution in [1.82, 2.24) is 10.2 Å². The molecule has 0 spiro atoms. The van der Waals surface area contributed by atoms with Gasteiger partial charge in [0, 0.05) is 19.0 Å². The number of rotatable bonds is 3. The van der Waals surface area contributed by atoms with Crippen molar-refractivity contribution >= 4 is 12.2 Å². The highest BCUT2D eigenvalue weighted by Gasteiger charge is 2.59. The summed E-state index contributed by atoms with van der Waals surface area (Å²) in [6.07, 6.45) is 0.0917. The Balaban J connectivity index is 1.58. The monoisotopic (exact) mass is 360 g/mol. The van der Waals surface area contributed by atoms with Crippen molar-refractivity contribution in [3.63, 3.8) is 0 Å². The summed E-state index contributed by atoms with van der Waals surface area (Å²) < 4.78 is 10.8. The number of hydrogen-bond donors (Lipinski definition) is 1. The summed E-state index contributed by atoms with van der Waals surface area (Å²) >= 11 is 0. The Morgan fingerprint density at radius 1 is 1.27 bits per heavy atom. The van der Waals surface area contributed by atoms with Crippen LogP contribution in [0, 0.1) is 11.8 Å². The number of nitrogens with one attached hydrogen (secondary N) is 1. The Kier molecular flexibility index (Phi) is 4.86. The molecule has 1 N–H and O–H groups in total. The van der Waals surface area contributed by atoms with Crippen molar-refractivity contribution in [1.29, 1.82) is 0 Å². The standard InChI is InChI=1S/C20H28N2O4/c1-14-10-20(21-17(23)26-19(2,3)4)13-22(11-16(14)20)18(24)25-12-15-8-6-5-7-9-15/h5-9,14,16H,10-13H2,1-4H3,(H,21,23)/t14-,16-,20-/m0/s1. The van der Waals surface area contributed by atoms with Crippen molar-refractivity contribution in [3.8, 4) is 0 Å². The first-order chi connectivity index (χ1) is 12.2. The third-order valence-electron chi connectivity index (χ3n) is 5.19. The van der Waals surface area contributed by atoms with Gasteiger partial charge in [0.1, 0.15) is 12.2 Å². The van der Waals surface area contributed by atoms with Crippen molar-refractivity contribution in [3.05, 3.63) is 35.9 Å². The maximum absolute atomic E-state index is 12.5. The van der Waals surface area contributed by atoms with Crippen LogP contribution in [-0.2, 0) is 16.1 Å². The van der Waals surface area contributed by atoms with E-state index in [1.165, 1.54) is 0 Å². The minimum Gasteiger partial charge on any atom is -0.445 e. The minimum absolute atomic E-state index is 0.235. The van der Waals surface area contributed by atoms with Crippen LogP contribution < -0.4 is 5.32 Å². The van der Waals surface area contributed by atoms with Crippen molar-refractivity contribution in [2.45, 2.75) is 51.9 Å². The molecule has 0 bridgehead atoms. The molecular weight excluding hydrogens is 332 g/mol. The Morgan fingerprint density at radius 2 is 1.96 bits per heavy atom. The van der Waals surface area contributed by atoms with Crippen LogP contribution in [0.2, 0.25) is 0 Å². The lowest BCUT2D eigenvalue weighted by Gasteiger charge is -2.49. The first-order valence-corrected chi connectivity index (χ1v) is 9.15. The molecule has 3 rings (SSSR count). The Labute approximate surface area is 154 Å². The van der Waals surface area contributed by atoms with E-state index in [1.807, 2.05) is 51.1 Å². The number of benzene rings is 1. The number of ether oxygens (including phenoxy) is 2. The van der Waals surface area contributed by atoms with Crippen LogP contribution >= 0.6 is 0 Å². The number of nitrogens with zero attached hydrogens (tertiary/aromatic N) is 1. The summed E-state index contributed by atoms with van der Waals surface area (Å²) in [7, 11) is 0. The molecule has 6 nitrogen and oxygen atoms in total. The van der Waals surface area contributed by atoms with E-state index in [0.29, 0.717) is 19.0 Å². The van der Waals surface area contributed by atoms with Crippen molar-refractivity contribution in [2.24, 2.45) is 11.8 Å². The molecule has 1 heterocycles. The molecule has 1 saturated carbocycles. The number of hydrogen-bond acceptors (Lipinski definition) is 4. The van der Waals surface area contributed by atoms with Crippen molar-refractivity contribution < 1.29 is 19.1 Å². The number of amides is 2. The minimum atomic E-state index is -0.543. The maximum Gasteiger partial charge on any atom is 0.410 e. The van der Waals surface area contributed by atoms with Gasteiger partial charge >= 0.3 is 12.2 Å². The summed E-state index contributed by atoms with van der Waals surface area (Å²) in [5.74, 6) is 0.691. The molecule has 1 aromatic rings. The zero-order chi connectivity index (χ0) is 18.9. The van der Waals surface area contributed by atoms with Gasteiger partial charge in [0.05, 0.1) is 5.54 Å². The second-order valence-electron chi connectivity index (χ2n) is 8.49. The number of carbonyl (C=O) groups is 2. The van der Waals surface area contributed by atoms with Crippen molar-refractivity contribution in [2.75, 3.05) is 13.1 Å². The molecule has 3 atom stereocenters. The zero-order valence-electron chi connectivity index (χ0n) is 16.0. The van der Waals surface area contributed by atoms with E-state index in [0.717, 1.165) is 12.0 Å². The second kappa shape index (κ2) is 6.82. The zero-order valence-corrected chi connectivity index (χ0v) is 16.0. The quantitative estimate of drug-likeness (QED) is 0.895. The fourth-order valence-corrected chi connectivity index (χ4v) is 4.07. The summed E-state index contributed by atoms with van der Waals surface area (Å²) in [6.45, 7) is 8.99. The molecule has 1 aromatic carbocycles. The average Bonchev–Trinajstić information content (AvgIpc) is 2.84. The van der Waals surface area contributed by atoms with Gasteiger partial charge in [-0.15, -0.1) is 0 Å². The molecule has 6 heteroatoms. The average molecular weight is 360 g/mol. The van der Waals surface area contributed by atoms with Crippen LogP contribution in [0.3, 0.4) is 0 Å².